The smallest absolute Gasteiger partial charge is 0.437 e. The fourth-order valence-electron chi connectivity index (χ4n) is 2.83. The summed E-state index contributed by atoms with van der Waals surface area (Å²) in [5.41, 5.74) is 11.8. The van der Waals surface area contributed by atoms with Crippen molar-refractivity contribution in [2.75, 3.05) is 24.6 Å². The molecule has 0 radical (unpaired) electrons. The normalized spacial score (nSPS) is 12.5. The zero-order valence-electron chi connectivity index (χ0n) is 17.5. The van der Waals surface area contributed by atoms with Crippen LogP contribution in [0.3, 0.4) is 0 Å². The van der Waals surface area contributed by atoms with Crippen LogP contribution in [-0.4, -0.2) is 58.5 Å². The summed E-state index contributed by atoms with van der Waals surface area (Å²) in [6.07, 6.45) is 2.39. The van der Waals surface area contributed by atoms with Gasteiger partial charge in [0.25, 0.3) is 0 Å². The molecule has 33 heavy (non-hydrogen) atoms. The van der Waals surface area contributed by atoms with Crippen LogP contribution in [0.4, 0.5) is 15.1 Å². The first-order valence-corrected chi connectivity index (χ1v) is 9.84. The van der Waals surface area contributed by atoms with Crippen molar-refractivity contribution in [2.45, 2.75) is 19.4 Å². The minimum absolute atomic E-state index is 0.0315. The van der Waals surface area contributed by atoms with Crippen molar-refractivity contribution >= 4 is 29.7 Å². The zero-order valence-corrected chi connectivity index (χ0v) is 17.5. The first kappa shape index (κ1) is 23.4. The largest absolute Gasteiger partial charge is 0.481 e. The molecule has 5 N–H and O–H groups in total. The molecule has 2 heterocycles. The summed E-state index contributed by atoms with van der Waals surface area (Å²) in [6, 6.07) is 4.65. The van der Waals surface area contributed by atoms with E-state index in [2.05, 4.69) is 20.1 Å². The lowest BCUT2D eigenvalue weighted by Crippen LogP contribution is -2.48. The second kappa shape index (κ2) is 10.8. The molecule has 1 saturated heterocycles. The monoisotopic (exact) mass is 459 g/mol. The van der Waals surface area contributed by atoms with E-state index in [-0.39, 0.29) is 30.8 Å². The fourth-order valence-corrected chi connectivity index (χ4v) is 2.83. The van der Waals surface area contributed by atoms with Crippen molar-refractivity contribution in [2.24, 2.45) is 21.6 Å². The van der Waals surface area contributed by atoms with Gasteiger partial charge in [-0.3, -0.25) is 4.79 Å². The molecule has 3 rings (SSSR count). The van der Waals surface area contributed by atoms with E-state index < -0.39 is 23.8 Å². The number of ether oxygens (including phenoxy) is 1. The number of halogens is 1. The van der Waals surface area contributed by atoms with Crippen LogP contribution >= 0.6 is 0 Å². The van der Waals surface area contributed by atoms with E-state index in [1.54, 1.807) is 12.1 Å². The van der Waals surface area contributed by atoms with Crippen molar-refractivity contribution in [3.8, 4) is 11.1 Å². The highest BCUT2D eigenvalue weighted by molar-refractivity contribution is 5.98. The Balaban J connectivity index is 1.56. The number of hydrogen-bond acceptors (Lipinski definition) is 8. The Hall–Kier alpha value is -4.29. The number of aliphatic imine (C=N–C) groups is 1. The van der Waals surface area contributed by atoms with Crippen molar-refractivity contribution in [1.82, 2.24) is 9.97 Å². The summed E-state index contributed by atoms with van der Waals surface area (Å²) in [5, 5.41) is 12.5. The van der Waals surface area contributed by atoms with Gasteiger partial charge in [0.05, 0.1) is 18.8 Å². The summed E-state index contributed by atoms with van der Waals surface area (Å²) >= 11 is 0. The number of nitrogens with zero attached hydrogens (tertiary/aromatic N) is 5. The van der Waals surface area contributed by atoms with E-state index in [9.17, 15) is 14.0 Å². The van der Waals surface area contributed by atoms with Crippen LogP contribution in [-0.2, 0) is 21.0 Å². The van der Waals surface area contributed by atoms with Gasteiger partial charge in [0.1, 0.15) is 19.0 Å². The van der Waals surface area contributed by atoms with E-state index in [0.29, 0.717) is 31.0 Å². The van der Waals surface area contributed by atoms with Gasteiger partial charge in [0, 0.05) is 35.5 Å². The number of hydrogen-bond donors (Lipinski definition) is 3. The molecule has 0 unspecified atom stereocenters. The lowest BCUT2D eigenvalue weighted by molar-refractivity contribution is -0.137. The number of aromatic nitrogens is 2. The number of benzene rings is 1. The standard InChI is InChI=1S/C20H22FN7O5/c21-17-12(11-32-20(31)26-18(22)23)3-1-4-15(17)13-7-24-19(25-8-13)28-9-14(10-28)27-33-6-2-5-16(29)30/h1,3-4,7-8H,2,5-6,9-11H2,(H,29,30)(H4,22,23,26,31). The van der Waals surface area contributed by atoms with Crippen LogP contribution in [0.2, 0.25) is 0 Å². The first-order chi connectivity index (χ1) is 15.8. The zero-order chi connectivity index (χ0) is 23.8. The maximum atomic E-state index is 14.9. The molecule has 0 atom stereocenters. The minimum atomic E-state index is -1.02. The summed E-state index contributed by atoms with van der Waals surface area (Å²) in [4.78, 5) is 40.5. The van der Waals surface area contributed by atoms with Crippen LogP contribution in [0.5, 0.6) is 0 Å². The molecule has 2 aromatic rings. The topological polar surface area (TPSA) is 179 Å². The van der Waals surface area contributed by atoms with Crippen LogP contribution in [0.15, 0.2) is 40.7 Å². The maximum Gasteiger partial charge on any atom is 0.437 e. The van der Waals surface area contributed by atoms with Gasteiger partial charge >= 0.3 is 12.1 Å². The predicted molar refractivity (Wildman–Crippen MR) is 116 cm³/mol. The van der Waals surface area contributed by atoms with Crippen molar-refractivity contribution in [3.63, 3.8) is 0 Å². The molecular formula is C20H22FN7O5. The van der Waals surface area contributed by atoms with Crippen molar-refractivity contribution < 1.29 is 28.7 Å². The average molecular weight is 459 g/mol. The highest BCUT2D eigenvalue weighted by Gasteiger charge is 2.25. The number of aliphatic carboxylic acids is 1. The Labute approximate surface area is 187 Å². The van der Waals surface area contributed by atoms with Gasteiger partial charge in [0.15, 0.2) is 5.96 Å². The Kier molecular flexibility index (Phi) is 7.68. The maximum absolute atomic E-state index is 14.9. The number of carboxylic acid groups (broad SMARTS) is 1. The third-order valence-electron chi connectivity index (χ3n) is 4.45. The van der Waals surface area contributed by atoms with Crippen LogP contribution in [0.1, 0.15) is 18.4 Å². The van der Waals surface area contributed by atoms with Gasteiger partial charge in [0.2, 0.25) is 5.95 Å². The number of carbonyl (C=O) groups excluding carboxylic acids is 1. The van der Waals surface area contributed by atoms with E-state index in [0.717, 1.165) is 5.71 Å². The average Bonchev–Trinajstić information content (AvgIpc) is 2.74. The van der Waals surface area contributed by atoms with Crippen molar-refractivity contribution in [1.29, 1.82) is 0 Å². The van der Waals surface area contributed by atoms with Crippen molar-refractivity contribution in [3.05, 3.63) is 42.0 Å². The fraction of sp³-hybridized carbons (Fsp3) is 0.300. The van der Waals surface area contributed by atoms with Gasteiger partial charge < -0.3 is 31.0 Å². The van der Waals surface area contributed by atoms with E-state index in [1.165, 1.54) is 18.5 Å². The number of guanidine groups is 1. The molecule has 0 saturated carbocycles. The molecule has 1 aromatic heterocycles. The molecule has 0 bridgehead atoms. The summed E-state index contributed by atoms with van der Waals surface area (Å²) < 4.78 is 19.7. The highest BCUT2D eigenvalue weighted by Crippen LogP contribution is 2.26. The summed E-state index contributed by atoms with van der Waals surface area (Å²) in [5.74, 6) is -1.45. The Morgan fingerprint density at radius 3 is 2.61 bits per heavy atom. The van der Waals surface area contributed by atoms with Crippen LogP contribution in [0.25, 0.3) is 11.1 Å². The molecule has 1 amide bonds. The number of carbonyl (C=O) groups is 2. The van der Waals surface area contributed by atoms with E-state index in [4.69, 9.17) is 26.1 Å². The second-order valence-corrected chi connectivity index (χ2v) is 6.99. The van der Waals surface area contributed by atoms with Crippen LogP contribution in [0, 0.1) is 5.82 Å². The molecule has 1 aromatic carbocycles. The summed E-state index contributed by atoms with van der Waals surface area (Å²) in [6.45, 7) is 0.841. The van der Waals surface area contributed by atoms with Crippen LogP contribution < -0.4 is 16.4 Å². The minimum Gasteiger partial charge on any atom is -0.481 e. The summed E-state index contributed by atoms with van der Waals surface area (Å²) in [7, 11) is 0. The number of anilines is 1. The van der Waals surface area contributed by atoms with E-state index >= 15 is 0 Å². The predicted octanol–water partition coefficient (Wildman–Crippen LogP) is 1.25. The number of amides is 1. The first-order valence-electron chi connectivity index (χ1n) is 9.84. The third kappa shape index (κ3) is 6.59. The molecular weight excluding hydrogens is 437 g/mol. The Morgan fingerprint density at radius 1 is 1.21 bits per heavy atom. The molecule has 12 nitrogen and oxygen atoms in total. The second-order valence-electron chi connectivity index (χ2n) is 6.99. The Morgan fingerprint density at radius 2 is 1.94 bits per heavy atom. The van der Waals surface area contributed by atoms with Gasteiger partial charge in [-0.1, -0.05) is 23.4 Å². The van der Waals surface area contributed by atoms with Gasteiger partial charge in [-0.25, -0.2) is 19.2 Å². The lowest BCUT2D eigenvalue weighted by atomic mass is 10.1. The highest BCUT2D eigenvalue weighted by atomic mass is 19.1. The lowest BCUT2D eigenvalue weighted by Gasteiger charge is -2.31. The van der Waals surface area contributed by atoms with Gasteiger partial charge in [-0.15, -0.1) is 4.99 Å². The molecule has 0 aliphatic carbocycles. The molecule has 1 aliphatic rings. The third-order valence-corrected chi connectivity index (χ3v) is 4.45. The molecule has 174 valence electrons. The quantitative estimate of drug-likeness (QED) is 0.214. The number of carboxylic acids is 1. The SMILES string of the molecule is NC(N)=NC(=O)OCc1cccc(-c2cnc(N3CC(=NOCCCC(=O)O)C3)nc2)c1F. The Bertz CT molecular complexity index is 1060. The molecule has 1 aliphatic heterocycles. The van der Waals surface area contributed by atoms with Gasteiger partial charge in [-0.05, 0) is 6.42 Å². The van der Waals surface area contributed by atoms with E-state index in [1.807, 2.05) is 4.90 Å². The molecule has 0 spiro atoms. The number of rotatable bonds is 9. The molecule has 13 heteroatoms. The van der Waals surface area contributed by atoms with Gasteiger partial charge in [-0.2, -0.15) is 0 Å². The molecule has 1 fully saturated rings. The number of nitrogens with two attached hydrogens (primary N) is 2. The number of oxime groups is 1.